The summed E-state index contributed by atoms with van der Waals surface area (Å²) in [6.45, 7) is 13.7. The third kappa shape index (κ3) is 10.4. The standard InChI is InChI=1S/C51H68N8O9S/c1-9-58-42-15-14-34-26-38(42)39(46(58)37-12-10-18-52-44(37)31(4)67-8)27-51(5,6)29-68-50(64)40-13-11-19-59(55-40)49(63)41(24-32-22-35(34)25-36(60)23-32)54-47(61)45(30(2)3)56(7)48(62)33-16-20-57(21-17-33)69(65,66)43-28-53-43/h10,12,14-15,18,22-23,25-26,30-31,33,40-41,43,45,53,55,60H,9,11,13,16-17,19-21,24,27-29H2,1-8H3,(H,54,61)/t31-,40-,41-,43+,45?/m0/s1. The fraction of sp³-hybridized carbons (Fsp3) is 0.549. The summed E-state index contributed by atoms with van der Waals surface area (Å²) in [4.78, 5) is 63.6. The SMILES string of the molecule is CCn1c(-c2cccnc2[C@H](C)OC)c2c3cc(ccc31)-c1cc(O)cc(c1)C[C@H](NC(=O)C(C(C)C)N(C)C(=O)C1CCN(S(=O)(=O)[C@@H]3CN3)CC1)C(=O)N1CCC[C@H](N1)C(=O)OCC(C)(C)C2. The molecular formula is C51H68N8O9S. The van der Waals surface area contributed by atoms with E-state index in [0.29, 0.717) is 56.3 Å². The van der Waals surface area contributed by atoms with Crippen molar-refractivity contribution in [3.8, 4) is 28.1 Å². The first kappa shape index (κ1) is 50.0. The summed E-state index contributed by atoms with van der Waals surface area (Å²) < 4.78 is 41.4. The van der Waals surface area contributed by atoms with Gasteiger partial charge >= 0.3 is 5.97 Å². The van der Waals surface area contributed by atoms with Gasteiger partial charge in [0.15, 0.2) is 0 Å². The minimum absolute atomic E-state index is 0.0206. The number of fused-ring (bicyclic) bond motifs is 6. The molecule has 0 spiro atoms. The Hall–Kier alpha value is -5.40. The lowest BCUT2D eigenvalue weighted by Gasteiger charge is -2.38. The number of piperidine rings is 1. The quantitative estimate of drug-likeness (QED) is 0.117. The highest BCUT2D eigenvalue weighted by molar-refractivity contribution is 7.90. The number of aromatic hydroxyl groups is 1. The fourth-order valence-electron chi connectivity index (χ4n) is 10.5. The summed E-state index contributed by atoms with van der Waals surface area (Å²) in [6, 6.07) is 12.4. The monoisotopic (exact) mass is 968 g/mol. The molecule has 0 saturated carbocycles. The summed E-state index contributed by atoms with van der Waals surface area (Å²) in [5.41, 5.74) is 9.47. The van der Waals surface area contributed by atoms with E-state index in [4.69, 9.17) is 14.5 Å². The maximum absolute atomic E-state index is 14.8. The van der Waals surface area contributed by atoms with Gasteiger partial charge in [0.2, 0.25) is 21.8 Å². The molecule has 5 atom stereocenters. The molecule has 18 heteroatoms. The summed E-state index contributed by atoms with van der Waals surface area (Å²) in [5.74, 6) is -2.66. The molecule has 6 heterocycles. The van der Waals surface area contributed by atoms with E-state index >= 15 is 0 Å². The fourth-order valence-corrected chi connectivity index (χ4v) is 12.1. The molecule has 0 radical (unpaired) electrons. The van der Waals surface area contributed by atoms with Crippen molar-refractivity contribution in [1.82, 2.24) is 39.8 Å². The van der Waals surface area contributed by atoms with Gasteiger partial charge in [-0.15, -0.1) is 0 Å². The number of methoxy groups -OCH3 is 1. The van der Waals surface area contributed by atoms with Crippen molar-refractivity contribution in [2.24, 2.45) is 17.3 Å². The molecule has 4 aromatic rings. The maximum atomic E-state index is 14.8. The van der Waals surface area contributed by atoms with Crippen LogP contribution in [-0.2, 0) is 58.1 Å². The highest BCUT2D eigenvalue weighted by Crippen LogP contribution is 2.42. The van der Waals surface area contributed by atoms with Crippen molar-refractivity contribution < 1.29 is 42.2 Å². The van der Waals surface area contributed by atoms with Gasteiger partial charge in [-0.05, 0) is 111 Å². The summed E-state index contributed by atoms with van der Waals surface area (Å²) in [6.07, 6.45) is 3.56. The number of aromatic nitrogens is 2. The molecule has 372 valence electrons. The van der Waals surface area contributed by atoms with Crippen molar-refractivity contribution in [3.63, 3.8) is 0 Å². The van der Waals surface area contributed by atoms with E-state index < -0.39 is 62.6 Å². The minimum atomic E-state index is -3.48. The predicted molar refractivity (Wildman–Crippen MR) is 262 cm³/mol. The number of hydrazine groups is 1. The average molecular weight is 969 g/mol. The van der Waals surface area contributed by atoms with E-state index in [2.05, 4.69) is 59.6 Å². The zero-order valence-corrected chi connectivity index (χ0v) is 41.9. The van der Waals surface area contributed by atoms with E-state index in [9.17, 15) is 32.7 Å². The molecule has 4 aliphatic heterocycles. The summed E-state index contributed by atoms with van der Waals surface area (Å²) in [5, 5.41) is 19.0. The predicted octanol–water partition coefficient (Wildman–Crippen LogP) is 4.91. The molecule has 0 aliphatic carbocycles. The zero-order chi connectivity index (χ0) is 49.5. The number of nitrogens with zero attached hydrogens (tertiary/aromatic N) is 5. The Morgan fingerprint density at radius 1 is 1.04 bits per heavy atom. The molecule has 3 fully saturated rings. The smallest absolute Gasteiger partial charge is 0.324 e. The number of phenols is 1. The molecule has 69 heavy (non-hydrogen) atoms. The van der Waals surface area contributed by atoms with E-state index in [0.717, 1.165) is 39.0 Å². The van der Waals surface area contributed by atoms with Gasteiger partial charge in [-0.1, -0.05) is 39.8 Å². The van der Waals surface area contributed by atoms with E-state index in [1.54, 1.807) is 32.5 Å². The van der Waals surface area contributed by atoms with Gasteiger partial charge in [0.05, 0.1) is 24.1 Å². The molecule has 6 bridgehead atoms. The third-order valence-corrected chi connectivity index (χ3v) is 16.4. The number of hydrogen-bond acceptors (Lipinski definition) is 12. The molecule has 1 unspecified atom stereocenters. The number of carbonyl (C=O) groups is 4. The average Bonchev–Trinajstić information content (AvgIpc) is 4.16. The molecule has 2 aromatic heterocycles. The number of nitrogens with one attached hydrogen (secondary N) is 3. The molecular weight excluding hydrogens is 901 g/mol. The number of ether oxygens (including phenoxy) is 2. The number of amides is 3. The molecule has 3 amide bonds. The van der Waals surface area contributed by atoms with Crippen LogP contribution in [0, 0.1) is 17.3 Å². The number of aryl methyl sites for hydroxylation is 1. The van der Waals surface area contributed by atoms with Crippen LogP contribution >= 0.6 is 0 Å². The summed E-state index contributed by atoms with van der Waals surface area (Å²) >= 11 is 0. The number of carbonyl (C=O) groups excluding carboxylic acids is 4. The Balaban J connectivity index is 1.16. The van der Waals surface area contributed by atoms with Crippen molar-refractivity contribution in [2.75, 3.05) is 46.9 Å². The van der Waals surface area contributed by atoms with Crippen LogP contribution in [0.5, 0.6) is 5.75 Å². The van der Waals surface area contributed by atoms with Crippen LogP contribution in [-0.4, -0.2) is 131 Å². The van der Waals surface area contributed by atoms with Gasteiger partial charge in [0.25, 0.3) is 5.91 Å². The number of likely N-dealkylation sites (N-methyl/N-ethyl adjacent to an activating group) is 1. The van der Waals surface area contributed by atoms with Crippen LogP contribution in [0.4, 0.5) is 0 Å². The highest BCUT2D eigenvalue weighted by atomic mass is 32.2. The van der Waals surface area contributed by atoms with Crippen LogP contribution in [0.25, 0.3) is 33.3 Å². The van der Waals surface area contributed by atoms with Gasteiger partial charge in [-0.2, -0.15) is 0 Å². The second-order valence-electron chi connectivity index (χ2n) is 20.3. The number of sulfonamides is 1. The Kier molecular flexibility index (Phi) is 14.6. The van der Waals surface area contributed by atoms with Crippen LogP contribution in [0.3, 0.4) is 0 Å². The van der Waals surface area contributed by atoms with Crippen LogP contribution in [0.1, 0.15) is 90.2 Å². The summed E-state index contributed by atoms with van der Waals surface area (Å²) in [7, 11) is -0.228. The largest absolute Gasteiger partial charge is 0.508 e. The maximum Gasteiger partial charge on any atom is 0.324 e. The number of esters is 1. The second-order valence-corrected chi connectivity index (χ2v) is 22.4. The van der Waals surface area contributed by atoms with Crippen molar-refractivity contribution >= 4 is 44.6 Å². The number of rotatable bonds is 11. The first-order valence-electron chi connectivity index (χ1n) is 24.3. The lowest BCUT2D eigenvalue weighted by Crippen LogP contribution is -2.62. The minimum Gasteiger partial charge on any atom is -0.508 e. The van der Waals surface area contributed by atoms with Crippen molar-refractivity contribution in [2.45, 2.75) is 116 Å². The van der Waals surface area contributed by atoms with Gasteiger partial charge in [-0.3, -0.25) is 34.5 Å². The molecule has 4 aliphatic rings. The zero-order valence-electron chi connectivity index (χ0n) is 41.1. The first-order valence-corrected chi connectivity index (χ1v) is 25.8. The molecule has 17 nitrogen and oxygen atoms in total. The van der Waals surface area contributed by atoms with E-state index in [-0.39, 0.29) is 56.3 Å². The normalized spacial score (nSPS) is 22.4. The Bertz CT molecular complexity index is 2710. The van der Waals surface area contributed by atoms with Gasteiger partial charge in [0, 0.05) is 87.3 Å². The Labute approximate surface area is 405 Å². The number of hydrogen-bond donors (Lipinski definition) is 4. The molecule has 8 rings (SSSR count). The van der Waals surface area contributed by atoms with Crippen LogP contribution < -0.4 is 16.1 Å². The number of phenolic OH excluding ortho intramolecular Hbond substituents is 1. The van der Waals surface area contributed by atoms with Crippen molar-refractivity contribution in [1.29, 1.82) is 0 Å². The second kappa shape index (κ2) is 20.1. The Morgan fingerprint density at radius 2 is 1.78 bits per heavy atom. The first-order chi connectivity index (χ1) is 32.8. The number of cyclic esters (lactones) is 1. The van der Waals surface area contributed by atoms with Gasteiger partial charge < -0.3 is 29.4 Å². The molecule has 3 saturated heterocycles. The topological polar surface area (TPSA) is 215 Å². The van der Waals surface area contributed by atoms with Crippen LogP contribution in [0.15, 0.2) is 54.7 Å². The van der Waals surface area contributed by atoms with Gasteiger partial charge in [-0.25, -0.2) is 18.1 Å². The molecule has 4 N–H and O–H groups in total. The number of pyridine rings is 1. The molecule has 2 aromatic carbocycles. The lowest BCUT2D eigenvalue weighted by atomic mass is 9.84. The number of benzene rings is 2. The van der Waals surface area contributed by atoms with Crippen LogP contribution in [0.2, 0.25) is 0 Å². The van der Waals surface area contributed by atoms with Crippen molar-refractivity contribution in [3.05, 3.63) is 71.5 Å². The Morgan fingerprint density at radius 3 is 2.46 bits per heavy atom. The van der Waals surface area contributed by atoms with Gasteiger partial charge in [0.1, 0.15) is 29.2 Å². The third-order valence-electron chi connectivity index (χ3n) is 14.2. The van der Waals surface area contributed by atoms with E-state index in [1.807, 2.05) is 39.0 Å². The van der Waals surface area contributed by atoms with E-state index in [1.165, 1.54) is 14.2 Å². The highest BCUT2D eigenvalue weighted by Gasteiger charge is 2.44. The lowest BCUT2D eigenvalue weighted by molar-refractivity contribution is -0.155.